The first-order chi connectivity index (χ1) is 10.2. The van der Waals surface area contributed by atoms with Gasteiger partial charge in [0.05, 0.1) is 5.92 Å². The lowest BCUT2D eigenvalue weighted by Crippen LogP contribution is -2.33. The molecule has 0 bridgehead atoms. The lowest BCUT2D eigenvalue weighted by atomic mass is 10.1. The highest BCUT2D eigenvalue weighted by atomic mass is 16.3. The summed E-state index contributed by atoms with van der Waals surface area (Å²) in [6.07, 6.45) is 1.08. The molecule has 1 aliphatic heterocycles. The normalized spacial score (nSPS) is 20.1. The number of hydrogen-bond acceptors (Lipinski definition) is 3. The predicted octanol–water partition coefficient (Wildman–Crippen LogP) is 2.60. The zero-order valence-corrected chi connectivity index (χ0v) is 12.6. The second kappa shape index (κ2) is 5.90. The maximum Gasteiger partial charge on any atom is 0.233 e. The molecule has 4 nitrogen and oxygen atoms in total. The van der Waals surface area contributed by atoms with Crippen LogP contribution < -0.4 is 5.32 Å². The highest BCUT2D eigenvalue weighted by Gasteiger charge is 2.30. The summed E-state index contributed by atoms with van der Waals surface area (Å²) in [5.74, 6) is 1.29. The van der Waals surface area contributed by atoms with E-state index < -0.39 is 0 Å². The van der Waals surface area contributed by atoms with E-state index in [1.165, 1.54) is 0 Å². The number of benzene rings is 1. The molecule has 2 heterocycles. The van der Waals surface area contributed by atoms with Gasteiger partial charge in [0.25, 0.3) is 0 Å². The smallest absolute Gasteiger partial charge is 0.233 e. The fourth-order valence-electron chi connectivity index (χ4n) is 3.10. The number of furan rings is 1. The number of carbonyl (C=O) groups excluding carboxylic acids is 1. The zero-order valence-electron chi connectivity index (χ0n) is 12.6. The van der Waals surface area contributed by atoms with Crippen LogP contribution in [0.2, 0.25) is 0 Å². The van der Waals surface area contributed by atoms with Crippen molar-refractivity contribution in [2.24, 2.45) is 5.92 Å². The minimum absolute atomic E-state index is 0.174. The van der Waals surface area contributed by atoms with Crippen LogP contribution in [-0.2, 0) is 4.79 Å². The molecular formula is C17H22N2O2. The van der Waals surface area contributed by atoms with Gasteiger partial charge in [0.1, 0.15) is 11.3 Å². The van der Waals surface area contributed by atoms with Gasteiger partial charge < -0.3 is 14.6 Å². The van der Waals surface area contributed by atoms with E-state index in [0.717, 1.165) is 42.8 Å². The van der Waals surface area contributed by atoms with Crippen molar-refractivity contribution in [3.63, 3.8) is 0 Å². The third kappa shape index (κ3) is 2.81. The molecule has 0 aliphatic carbocycles. The first-order valence-corrected chi connectivity index (χ1v) is 7.61. The van der Waals surface area contributed by atoms with Crippen molar-refractivity contribution in [2.45, 2.75) is 19.3 Å². The number of rotatable bonds is 4. The molecule has 3 rings (SSSR count). The van der Waals surface area contributed by atoms with Gasteiger partial charge in [0, 0.05) is 18.5 Å². The molecule has 2 unspecified atom stereocenters. The van der Waals surface area contributed by atoms with E-state index in [1.807, 2.05) is 49.2 Å². The summed E-state index contributed by atoms with van der Waals surface area (Å²) in [7, 11) is 1.96. The van der Waals surface area contributed by atoms with Crippen LogP contribution in [0.15, 0.2) is 34.7 Å². The second-order valence-corrected chi connectivity index (χ2v) is 5.90. The largest absolute Gasteiger partial charge is 0.460 e. The third-order valence-electron chi connectivity index (χ3n) is 4.33. The van der Waals surface area contributed by atoms with E-state index in [0.29, 0.717) is 5.92 Å². The molecule has 4 heteroatoms. The Balaban J connectivity index is 1.72. The SMILES string of the molecule is CNCC1CCN(C(=O)C(C)c2cc3ccccc3o2)C1. The van der Waals surface area contributed by atoms with E-state index in [9.17, 15) is 4.79 Å². The fraction of sp³-hybridized carbons (Fsp3) is 0.471. The van der Waals surface area contributed by atoms with E-state index in [1.54, 1.807) is 0 Å². The molecule has 1 amide bonds. The van der Waals surface area contributed by atoms with Crippen LogP contribution in [-0.4, -0.2) is 37.5 Å². The number of para-hydroxylation sites is 1. The number of hydrogen-bond donors (Lipinski definition) is 1. The molecule has 1 saturated heterocycles. The number of likely N-dealkylation sites (tertiary alicyclic amines) is 1. The van der Waals surface area contributed by atoms with Crippen molar-refractivity contribution in [2.75, 3.05) is 26.7 Å². The molecule has 1 fully saturated rings. The average molecular weight is 286 g/mol. The Labute approximate surface area is 125 Å². The summed E-state index contributed by atoms with van der Waals surface area (Å²) in [5, 5.41) is 4.25. The predicted molar refractivity (Wildman–Crippen MR) is 83.2 cm³/mol. The number of nitrogens with zero attached hydrogens (tertiary/aromatic N) is 1. The standard InChI is InChI=1S/C17H22N2O2/c1-12(16-9-14-5-3-4-6-15(14)21-16)17(20)19-8-7-13(11-19)10-18-2/h3-6,9,12-13,18H,7-8,10-11H2,1-2H3. The summed E-state index contributed by atoms with van der Waals surface area (Å²) >= 11 is 0. The Morgan fingerprint density at radius 2 is 2.29 bits per heavy atom. The van der Waals surface area contributed by atoms with Crippen molar-refractivity contribution >= 4 is 16.9 Å². The third-order valence-corrected chi connectivity index (χ3v) is 4.33. The fourth-order valence-corrected chi connectivity index (χ4v) is 3.10. The van der Waals surface area contributed by atoms with Crippen molar-refractivity contribution in [3.8, 4) is 0 Å². The number of amides is 1. The van der Waals surface area contributed by atoms with Crippen molar-refractivity contribution in [1.29, 1.82) is 0 Å². The molecule has 1 aromatic carbocycles. The minimum atomic E-state index is -0.217. The summed E-state index contributed by atoms with van der Waals surface area (Å²) < 4.78 is 5.83. The van der Waals surface area contributed by atoms with Gasteiger partial charge in [-0.1, -0.05) is 18.2 Å². The first kappa shape index (κ1) is 14.1. The van der Waals surface area contributed by atoms with Crippen LogP contribution in [0, 0.1) is 5.92 Å². The van der Waals surface area contributed by atoms with Gasteiger partial charge >= 0.3 is 0 Å². The monoisotopic (exact) mass is 286 g/mol. The Hall–Kier alpha value is -1.81. The van der Waals surface area contributed by atoms with Crippen molar-refractivity contribution in [1.82, 2.24) is 10.2 Å². The molecule has 0 saturated carbocycles. The molecule has 0 spiro atoms. The van der Waals surface area contributed by atoms with E-state index >= 15 is 0 Å². The molecule has 2 aromatic rings. The molecule has 21 heavy (non-hydrogen) atoms. The van der Waals surface area contributed by atoms with Crippen LogP contribution >= 0.6 is 0 Å². The van der Waals surface area contributed by atoms with Gasteiger partial charge in [-0.25, -0.2) is 0 Å². The van der Waals surface area contributed by atoms with Crippen LogP contribution in [0.25, 0.3) is 11.0 Å². The summed E-state index contributed by atoms with van der Waals surface area (Å²) in [5.41, 5.74) is 0.849. The Morgan fingerprint density at radius 3 is 3.05 bits per heavy atom. The van der Waals surface area contributed by atoms with Gasteiger partial charge in [-0.2, -0.15) is 0 Å². The average Bonchev–Trinajstić information content (AvgIpc) is 3.12. The van der Waals surface area contributed by atoms with E-state index in [2.05, 4.69) is 5.32 Å². The van der Waals surface area contributed by atoms with Gasteiger partial charge in [0.2, 0.25) is 5.91 Å². The van der Waals surface area contributed by atoms with E-state index in [4.69, 9.17) is 4.42 Å². The summed E-state index contributed by atoms with van der Waals surface area (Å²) in [6.45, 7) is 4.62. The zero-order chi connectivity index (χ0) is 14.8. The molecule has 2 atom stereocenters. The highest BCUT2D eigenvalue weighted by molar-refractivity contribution is 5.85. The number of carbonyl (C=O) groups is 1. The lowest BCUT2D eigenvalue weighted by molar-refractivity contribution is -0.131. The van der Waals surface area contributed by atoms with Crippen molar-refractivity contribution < 1.29 is 9.21 Å². The molecule has 0 radical (unpaired) electrons. The first-order valence-electron chi connectivity index (χ1n) is 7.61. The van der Waals surface area contributed by atoms with E-state index in [-0.39, 0.29) is 11.8 Å². The highest BCUT2D eigenvalue weighted by Crippen LogP contribution is 2.28. The quantitative estimate of drug-likeness (QED) is 0.939. The molecule has 112 valence electrons. The topological polar surface area (TPSA) is 45.5 Å². The Kier molecular flexibility index (Phi) is 3.97. The van der Waals surface area contributed by atoms with Crippen LogP contribution in [0.5, 0.6) is 0 Å². The lowest BCUT2D eigenvalue weighted by Gasteiger charge is -2.20. The van der Waals surface area contributed by atoms with Gasteiger partial charge in [-0.05, 0) is 45.0 Å². The number of fused-ring (bicyclic) bond motifs is 1. The van der Waals surface area contributed by atoms with Crippen LogP contribution in [0.4, 0.5) is 0 Å². The maximum atomic E-state index is 12.6. The molecule has 1 aromatic heterocycles. The van der Waals surface area contributed by atoms with Gasteiger partial charge in [-0.3, -0.25) is 4.79 Å². The summed E-state index contributed by atoms with van der Waals surface area (Å²) in [6, 6.07) is 9.87. The van der Waals surface area contributed by atoms with Crippen molar-refractivity contribution in [3.05, 3.63) is 36.1 Å². The molecule has 1 N–H and O–H groups in total. The van der Waals surface area contributed by atoms with Gasteiger partial charge in [-0.15, -0.1) is 0 Å². The summed E-state index contributed by atoms with van der Waals surface area (Å²) in [4.78, 5) is 14.6. The Morgan fingerprint density at radius 1 is 1.48 bits per heavy atom. The number of nitrogens with one attached hydrogen (secondary N) is 1. The Bertz CT molecular complexity index is 602. The molecule has 1 aliphatic rings. The van der Waals surface area contributed by atoms with Crippen LogP contribution in [0.1, 0.15) is 25.0 Å². The van der Waals surface area contributed by atoms with Gasteiger partial charge in [0.15, 0.2) is 0 Å². The molecular weight excluding hydrogens is 264 g/mol. The minimum Gasteiger partial charge on any atom is -0.460 e. The second-order valence-electron chi connectivity index (χ2n) is 5.90. The van der Waals surface area contributed by atoms with Crippen LogP contribution in [0.3, 0.4) is 0 Å². The maximum absolute atomic E-state index is 12.6.